The van der Waals surface area contributed by atoms with Crippen LogP contribution in [0, 0.1) is 11.3 Å². The molecule has 0 fully saturated rings. The summed E-state index contributed by atoms with van der Waals surface area (Å²) in [5.74, 6) is 6.76. The van der Waals surface area contributed by atoms with Crippen LogP contribution < -0.4 is 21.7 Å². The Labute approximate surface area is 138 Å². The smallest absolute Gasteiger partial charge is 0.222 e. The van der Waals surface area contributed by atoms with Crippen molar-refractivity contribution in [2.45, 2.75) is 13.0 Å². The van der Waals surface area contributed by atoms with Gasteiger partial charge in [0.15, 0.2) is 11.9 Å². The fraction of sp³-hybridized carbons (Fsp3) is 0.118. The Hall–Kier alpha value is -3.37. The van der Waals surface area contributed by atoms with Crippen LogP contribution in [0.4, 0.5) is 11.8 Å². The van der Waals surface area contributed by atoms with Crippen LogP contribution in [0.5, 0.6) is 5.75 Å². The zero-order valence-electron chi connectivity index (χ0n) is 13.0. The number of aromatic nitrogens is 2. The first-order chi connectivity index (χ1) is 11.6. The molecule has 0 aliphatic rings. The SMILES string of the molecule is CC(C#N)Oc1ccccc1-c1ccc2nc(N)nc(NN)c2c1. The zero-order valence-corrected chi connectivity index (χ0v) is 13.0. The summed E-state index contributed by atoms with van der Waals surface area (Å²) in [6.07, 6.45) is -0.545. The molecule has 0 radical (unpaired) electrons. The molecule has 1 aromatic heterocycles. The molecule has 5 N–H and O–H groups in total. The van der Waals surface area contributed by atoms with Gasteiger partial charge < -0.3 is 15.9 Å². The van der Waals surface area contributed by atoms with E-state index in [4.69, 9.17) is 21.6 Å². The van der Waals surface area contributed by atoms with E-state index in [0.29, 0.717) is 17.1 Å². The molecule has 3 aromatic rings. The number of ether oxygens (including phenoxy) is 1. The van der Waals surface area contributed by atoms with Gasteiger partial charge in [0.25, 0.3) is 0 Å². The number of rotatable bonds is 4. The van der Waals surface area contributed by atoms with E-state index in [0.717, 1.165) is 16.5 Å². The van der Waals surface area contributed by atoms with Crippen molar-refractivity contribution in [3.63, 3.8) is 0 Å². The van der Waals surface area contributed by atoms with E-state index in [1.165, 1.54) is 0 Å². The number of nitrogens with one attached hydrogen (secondary N) is 1. The molecule has 0 aliphatic heterocycles. The second kappa shape index (κ2) is 6.40. The highest BCUT2D eigenvalue weighted by Gasteiger charge is 2.12. The van der Waals surface area contributed by atoms with Crippen molar-refractivity contribution in [1.82, 2.24) is 9.97 Å². The maximum atomic E-state index is 8.97. The molecule has 7 heteroatoms. The lowest BCUT2D eigenvalue weighted by atomic mass is 10.0. The number of fused-ring (bicyclic) bond motifs is 1. The van der Waals surface area contributed by atoms with E-state index in [1.54, 1.807) is 6.92 Å². The highest BCUT2D eigenvalue weighted by atomic mass is 16.5. The quantitative estimate of drug-likeness (QED) is 0.498. The van der Waals surface area contributed by atoms with Gasteiger partial charge in [-0.15, -0.1) is 0 Å². The van der Waals surface area contributed by atoms with Gasteiger partial charge in [0, 0.05) is 10.9 Å². The first kappa shape index (κ1) is 15.5. The van der Waals surface area contributed by atoms with Crippen LogP contribution >= 0.6 is 0 Å². The lowest BCUT2D eigenvalue weighted by Crippen LogP contribution is -2.11. The number of hydrogen-bond donors (Lipinski definition) is 3. The van der Waals surface area contributed by atoms with E-state index < -0.39 is 6.10 Å². The highest BCUT2D eigenvalue weighted by Crippen LogP contribution is 2.33. The molecule has 2 aromatic carbocycles. The standard InChI is InChI=1S/C17H16N6O/c1-10(9-18)24-15-5-3-2-4-12(15)11-6-7-14-13(8-11)16(23-20)22-17(19)21-14/h2-8,10H,20H2,1H3,(H3,19,21,22,23). The topological polar surface area (TPSA) is 123 Å². The predicted molar refractivity (Wildman–Crippen MR) is 92.9 cm³/mol. The number of para-hydroxylation sites is 1. The lowest BCUT2D eigenvalue weighted by molar-refractivity contribution is 0.277. The van der Waals surface area contributed by atoms with Crippen LogP contribution in [-0.4, -0.2) is 16.1 Å². The monoisotopic (exact) mass is 320 g/mol. The van der Waals surface area contributed by atoms with E-state index in [1.807, 2.05) is 42.5 Å². The minimum atomic E-state index is -0.545. The molecular formula is C17H16N6O. The van der Waals surface area contributed by atoms with Crippen molar-refractivity contribution < 1.29 is 4.74 Å². The predicted octanol–water partition coefficient (Wildman–Crippen LogP) is 2.46. The van der Waals surface area contributed by atoms with Gasteiger partial charge in [-0.05, 0) is 30.7 Å². The van der Waals surface area contributed by atoms with Crippen molar-refractivity contribution in [1.29, 1.82) is 5.26 Å². The number of nitriles is 1. The minimum absolute atomic E-state index is 0.148. The second-order valence-electron chi connectivity index (χ2n) is 5.19. The third-order valence-electron chi connectivity index (χ3n) is 3.53. The van der Waals surface area contributed by atoms with Gasteiger partial charge in [-0.2, -0.15) is 10.2 Å². The number of benzene rings is 2. The number of nitrogens with zero attached hydrogens (tertiary/aromatic N) is 3. The summed E-state index contributed by atoms with van der Waals surface area (Å²) >= 11 is 0. The molecule has 0 aliphatic carbocycles. The summed E-state index contributed by atoms with van der Waals surface area (Å²) in [6, 6.07) is 15.2. The number of nitrogen functional groups attached to an aromatic ring is 2. The van der Waals surface area contributed by atoms with Gasteiger partial charge in [0.05, 0.1) is 5.52 Å². The zero-order chi connectivity index (χ0) is 17.1. The fourth-order valence-electron chi connectivity index (χ4n) is 2.45. The summed E-state index contributed by atoms with van der Waals surface area (Å²) in [5.41, 5.74) is 10.7. The van der Waals surface area contributed by atoms with E-state index >= 15 is 0 Å². The van der Waals surface area contributed by atoms with E-state index in [-0.39, 0.29) is 5.95 Å². The molecule has 1 heterocycles. The summed E-state index contributed by atoms with van der Waals surface area (Å²) in [4.78, 5) is 8.29. The molecule has 1 atom stereocenters. The third-order valence-corrected chi connectivity index (χ3v) is 3.53. The number of nitrogens with two attached hydrogens (primary N) is 2. The van der Waals surface area contributed by atoms with Crippen LogP contribution in [-0.2, 0) is 0 Å². The summed E-state index contributed by atoms with van der Waals surface area (Å²) in [5, 5.41) is 9.71. The maximum Gasteiger partial charge on any atom is 0.222 e. The van der Waals surface area contributed by atoms with Gasteiger partial charge in [-0.3, -0.25) is 0 Å². The fourth-order valence-corrected chi connectivity index (χ4v) is 2.45. The average molecular weight is 320 g/mol. The largest absolute Gasteiger partial charge is 0.475 e. The first-order valence-corrected chi connectivity index (χ1v) is 7.32. The Kier molecular flexibility index (Phi) is 4.14. The molecule has 0 amide bonds. The van der Waals surface area contributed by atoms with Gasteiger partial charge in [0.2, 0.25) is 5.95 Å². The number of hydrogen-bond acceptors (Lipinski definition) is 7. The molecule has 0 saturated carbocycles. The average Bonchev–Trinajstić information content (AvgIpc) is 2.61. The van der Waals surface area contributed by atoms with Crippen LogP contribution in [0.3, 0.4) is 0 Å². The lowest BCUT2D eigenvalue weighted by Gasteiger charge is -2.14. The molecule has 120 valence electrons. The number of hydrazine groups is 1. The molecule has 7 nitrogen and oxygen atoms in total. The summed E-state index contributed by atoms with van der Waals surface area (Å²) in [6.45, 7) is 1.70. The van der Waals surface area contributed by atoms with Gasteiger partial charge >= 0.3 is 0 Å². The molecule has 0 saturated heterocycles. The van der Waals surface area contributed by atoms with Crippen molar-refractivity contribution in [3.05, 3.63) is 42.5 Å². The van der Waals surface area contributed by atoms with E-state index in [2.05, 4.69) is 21.5 Å². The van der Waals surface area contributed by atoms with Crippen LogP contribution in [0.2, 0.25) is 0 Å². The normalized spacial score (nSPS) is 11.7. The van der Waals surface area contributed by atoms with Crippen LogP contribution in [0.1, 0.15) is 6.92 Å². The molecule has 1 unspecified atom stereocenters. The van der Waals surface area contributed by atoms with Crippen molar-refractivity contribution in [2.75, 3.05) is 11.2 Å². The van der Waals surface area contributed by atoms with Crippen LogP contribution in [0.15, 0.2) is 42.5 Å². The number of anilines is 2. The third kappa shape index (κ3) is 2.91. The van der Waals surface area contributed by atoms with Crippen molar-refractivity contribution in [3.8, 4) is 22.9 Å². The Morgan fingerprint density at radius 3 is 2.75 bits per heavy atom. The summed E-state index contributed by atoms with van der Waals surface area (Å²) < 4.78 is 5.68. The Bertz CT molecular complexity index is 934. The maximum absolute atomic E-state index is 8.97. The molecule has 3 rings (SSSR count). The van der Waals surface area contributed by atoms with Crippen molar-refractivity contribution >= 4 is 22.7 Å². The minimum Gasteiger partial charge on any atom is -0.475 e. The van der Waals surface area contributed by atoms with Gasteiger partial charge in [-0.1, -0.05) is 24.3 Å². The molecular weight excluding hydrogens is 304 g/mol. The first-order valence-electron chi connectivity index (χ1n) is 7.32. The molecule has 0 spiro atoms. The Balaban J connectivity index is 2.14. The highest BCUT2D eigenvalue weighted by molar-refractivity contribution is 5.93. The molecule has 24 heavy (non-hydrogen) atoms. The molecule has 0 bridgehead atoms. The Morgan fingerprint density at radius 2 is 2.00 bits per heavy atom. The summed E-state index contributed by atoms with van der Waals surface area (Å²) in [7, 11) is 0. The van der Waals surface area contributed by atoms with Gasteiger partial charge in [0.1, 0.15) is 11.8 Å². The Morgan fingerprint density at radius 1 is 1.21 bits per heavy atom. The van der Waals surface area contributed by atoms with Gasteiger partial charge in [-0.25, -0.2) is 10.8 Å². The van der Waals surface area contributed by atoms with Crippen LogP contribution in [0.25, 0.3) is 22.0 Å². The van der Waals surface area contributed by atoms with Crippen molar-refractivity contribution in [2.24, 2.45) is 5.84 Å². The van der Waals surface area contributed by atoms with E-state index in [9.17, 15) is 0 Å². The second-order valence-corrected chi connectivity index (χ2v) is 5.19.